The number of aromatic nitrogens is 1. The normalized spacial score (nSPS) is 13.1. The summed E-state index contributed by atoms with van der Waals surface area (Å²) in [6.07, 6.45) is -3.50. The molecule has 0 radical (unpaired) electrons. The molecule has 1 rings (SSSR count). The number of nitrogens with two attached hydrogens (primary N) is 1. The lowest BCUT2D eigenvalue weighted by Crippen LogP contribution is -2.11. The van der Waals surface area contributed by atoms with E-state index in [1.807, 2.05) is 6.92 Å². The molecule has 0 spiro atoms. The summed E-state index contributed by atoms with van der Waals surface area (Å²) in [4.78, 5) is 4.02. The van der Waals surface area contributed by atoms with Gasteiger partial charge in [-0.1, -0.05) is 6.07 Å². The SMILES string of the molecule is Cc1cc(C(C)N)cnc1CCC(F)(F)F.Cl. The van der Waals surface area contributed by atoms with Gasteiger partial charge in [0.2, 0.25) is 0 Å². The van der Waals surface area contributed by atoms with Crippen LogP contribution in [0.1, 0.15) is 36.2 Å². The van der Waals surface area contributed by atoms with Crippen molar-refractivity contribution in [3.05, 3.63) is 29.1 Å². The van der Waals surface area contributed by atoms with Gasteiger partial charge in [-0.2, -0.15) is 13.2 Å². The lowest BCUT2D eigenvalue weighted by molar-refractivity contribution is -0.134. The first kappa shape index (κ1) is 16.2. The van der Waals surface area contributed by atoms with Crippen molar-refractivity contribution < 1.29 is 13.2 Å². The minimum Gasteiger partial charge on any atom is -0.324 e. The van der Waals surface area contributed by atoms with Crippen molar-refractivity contribution in [3.63, 3.8) is 0 Å². The lowest BCUT2D eigenvalue weighted by atomic mass is 10.1. The van der Waals surface area contributed by atoms with Crippen LogP contribution in [0, 0.1) is 6.92 Å². The summed E-state index contributed by atoms with van der Waals surface area (Å²) in [5, 5.41) is 0. The molecule has 0 aliphatic heterocycles. The Morgan fingerprint density at radius 1 is 1.41 bits per heavy atom. The maximum Gasteiger partial charge on any atom is 0.389 e. The summed E-state index contributed by atoms with van der Waals surface area (Å²) < 4.78 is 36.1. The number of hydrogen-bond donors (Lipinski definition) is 1. The van der Waals surface area contributed by atoms with Crippen molar-refractivity contribution >= 4 is 12.4 Å². The van der Waals surface area contributed by atoms with E-state index < -0.39 is 12.6 Å². The number of alkyl halides is 3. The first-order valence-electron chi connectivity index (χ1n) is 5.07. The highest BCUT2D eigenvalue weighted by Gasteiger charge is 2.27. The quantitative estimate of drug-likeness (QED) is 0.913. The van der Waals surface area contributed by atoms with Crippen LogP contribution < -0.4 is 5.73 Å². The fraction of sp³-hybridized carbons (Fsp3) is 0.545. The Bertz CT molecular complexity index is 364. The van der Waals surface area contributed by atoms with E-state index in [-0.39, 0.29) is 24.9 Å². The van der Waals surface area contributed by atoms with Gasteiger partial charge in [-0.3, -0.25) is 4.98 Å². The molecule has 2 nitrogen and oxygen atoms in total. The molecule has 0 aliphatic rings. The second-order valence-electron chi connectivity index (χ2n) is 3.94. The van der Waals surface area contributed by atoms with Crippen molar-refractivity contribution in [3.8, 4) is 0 Å². The van der Waals surface area contributed by atoms with Crippen LogP contribution in [0.25, 0.3) is 0 Å². The van der Waals surface area contributed by atoms with Gasteiger partial charge in [0.15, 0.2) is 0 Å². The Morgan fingerprint density at radius 2 is 2.00 bits per heavy atom. The van der Waals surface area contributed by atoms with E-state index in [2.05, 4.69) is 4.98 Å². The second kappa shape index (κ2) is 6.21. The van der Waals surface area contributed by atoms with E-state index in [1.54, 1.807) is 19.2 Å². The van der Waals surface area contributed by atoms with Gasteiger partial charge in [-0.25, -0.2) is 0 Å². The first-order chi connectivity index (χ1) is 7.29. The maximum absolute atomic E-state index is 12.0. The highest BCUT2D eigenvalue weighted by Crippen LogP contribution is 2.23. The van der Waals surface area contributed by atoms with Crippen LogP contribution in [-0.2, 0) is 6.42 Å². The molecule has 0 fully saturated rings. The topological polar surface area (TPSA) is 38.9 Å². The van der Waals surface area contributed by atoms with Crippen LogP contribution in [0.5, 0.6) is 0 Å². The van der Waals surface area contributed by atoms with Crippen molar-refractivity contribution in [2.24, 2.45) is 5.73 Å². The van der Waals surface area contributed by atoms with Gasteiger partial charge < -0.3 is 5.73 Å². The standard InChI is InChI=1S/C11H15F3N2.ClH/c1-7-5-9(8(2)15)6-16-10(7)3-4-11(12,13)14;/h5-6,8H,3-4,15H2,1-2H3;1H. The number of pyridine rings is 1. The number of nitrogens with zero attached hydrogens (tertiary/aromatic N) is 1. The minimum absolute atomic E-state index is 0. The van der Waals surface area contributed by atoms with Gasteiger partial charge in [0.25, 0.3) is 0 Å². The number of rotatable bonds is 3. The summed E-state index contributed by atoms with van der Waals surface area (Å²) in [7, 11) is 0. The van der Waals surface area contributed by atoms with Crippen molar-refractivity contribution in [1.29, 1.82) is 0 Å². The van der Waals surface area contributed by atoms with E-state index in [0.29, 0.717) is 5.69 Å². The molecule has 6 heteroatoms. The molecule has 1 atom stereocenters. The largest absolute Gasteiger partial charge is 0.389 e. The molecule has 2 N–H and O–H groups in total. The van der Waals surface area contributed by atoms with Gasteiger partial charge in [0.1, 0.15) is 0 Å². The molecule has 1 aromatic rings. The zero-order chi connectivity index (χ0) is 12.3. The fourth-order valence-corrected chi connectivity index (χ4v) is 1.40. The minimum atomic E-state index is -4.13. The van der Waals surface area contributed by atoms with Gasteiger partial charge in [0.05, 0.1) is 0 Å². The molecule has 0 saturated carbocycles. The van der Waals surface area contributed by atoms with E-state index in [0.717, 1.165) is 11.1 Å². The zero-order valence-electron chi connectivity index (χ0n) is 9.71. The predicted molar refractivity (Wildman–Crippen MR) is 63.2 cm³/mol. The third kappa shape index (κ3) is 5.37. The highest BCUT2D eigenvalue weighted by molar-refractivity contribution is 5.85. The van der Waals surface area contributed by atoms with Crippen LogP contribution in [-0.4, -0.2) is 11.2 Å². The predicted octanol–water partition coefficient (Wildman–Crippen LogP) is 3.33. The van der Waals surface area contributed by atoms with E-state index in [4.69, 9.17) is 5.73 Å². The molecule has 17 heavy (non-hydrogen) atoms. The van der Waals surface area contributed by atoms with Crippen LogP contribution >= 0.6 is 12.4 Å². The molecule has 0 saturated heterocycles. The summed E-state index contributed by atoms with van der Waals surface area (Å²) in [6.45, 7) is 3.57. The van der Waals surface area contributed by atoms with Gasteiger partial charge >= 0.3 is 6.18 Å². The van der Waals surface area contributed by atoms with Gasteiger partial charge in [-0.15, -0.1) is 12.4 Å². The molecule has 0 aliphatic carbocycles. The Kier molecular flexibility index (Phi) is 5.92. The lowest BCUT2D eigenvalue weighted by Gasteiger charge is -2.11. The molecular formula is C11H16ClF3N2. The van der Waals surface area contributed by atoms with Gasteiger partial charge in [-0.05, 0) is 31.4 Å². The van der Waals surface area contributed by atoms with E-state index in [9.17, 15) is 13.2 Å². The number of halogens is 4. The van der Waals surface area contributed by atoms with Crippen LogP contribution in [0.4, 0.5) is 13.2 Å². The second-order valence-corrected chi connectivity index (χ2v) is 3.94. The molecule has 0 amide bonds. The zero-order valence-corrected chi connectivity index (χ0v) is 10.5. The first-order valence-corrected chi connectivity index (χ1v) is 5.07. The summed E-state index contributed by atoms with van der Waals surface area (Å²) in [5.74, 6) is 0. The monoisotopic (exact) mass is 268 g/mol. The molecule has 1 aromatic heterocycles. The maximum atomic E-state index is 12.0. The van der Waals surface area contributed by atoms with Crippen molar-refractivity contribution in [1.82, 2.24) is 4.98 Å². The fourth-order valence-electron chi connectivity index (χ4n) is 1.40. The smallest absolute Gasteiger partial charge is 0.324 e. The van der Waals surface area contributed by atoms with Crippen molar-refractivity contribution in [2.45, 2.75) is 38.9 Å². The molecule has 0 bridgehead atoms. The summed E-state index contributed by atoms with van der Waals surface area (Å²) >= 11 is 0. The third-order valence-corrected chi connectivity index (χ3v) is 2.38. The Labute approximate surface area is 105 Å². The van der Waals surface area contributed by atoms with Crippen LogP contribution in [0.2, 0.25) is 0 Å². The van der Waals surface area contributed by atoms with Gasteiger partial charge in [0, 0.05) is 24.4 Å². The molecule has 0 aromatic carbocycles. The average Bonchev–Trinajstić information content (AvgIpc) is 2.14. The number of aryl methyl sites for hydroxylation is 2. The average molecular weight is 269 g/mol. The molecular weight excluding hydrogens is 253 g/mol. The Hall–Kier alpha value is -0.810. The number of hydrogen-bond acceptors (Lipinski definition) is 2. The van der Waals surface area contributed by atoms with E-state index in [1.165, 1.54) is 0 Å². The third-order valence-electron chi connectivity index (χ3n) is 2.38. The Morgan fingerprint density at radius 3 is 2.41 bits per heavy atom. The molecule has 1 unspecified atom stereocenters. The molecule has 98 valence electrons. The molecule has 1 heterocycles. The van der Waals surface area contributed by atoms with Crippen molar-refractivity contribution in [2.75, 3.05) is 0 Å². The van der Waals surface area contributed by atoms with E-state index >= 15 is 0 Å². The highest BCUT2D eigenvalue weighted by atomic mass is 35.5. The summed E-state index contributed by atoms with van der Waals surface area (Å²) in [6, 6.07) is 1.64. The summed E-state index contributed by atoms with van der Waals surface area (Å²) in [5.41, 5.74) is 7.75. The van der Waals surface area contributed by atoms with Crippen LogP contribution in [0.3, 0.4) is 0 Å². The Balaban J connectivity index is 0.00000256. The van der Waals surface area contributed by atoms with Crippen LogP contribution in [0.15, 0.2) is 12.3 Å².